The van der Waals surface area contributed by atoms with Crippen LogP contribution in [0.4, 0.5) is 8.78 Å². The average Bonchev–Trinajstić information content (AvgIpc) is 2.62. The van der Waals surface area contributed by atoms with Crippen molar-refractivity contribution >= 4 is 27.5 Å². The van der Waals surface area contributed by atoms with Crippen LogP contribution in [0.15, 0.2) is 16.6 Å². The van der Waals surface area contributed by atoms with Crippen LogP contribution in [0.1, 0.15) is 23.0 Å². The van der Waals surface area contributed by atoms with Crippen LogP contribution in [0.25, 0.3) is 0 Å². The molecule has 1 aromatic carbocycles. The van der Waals surface area contributed by atoms with Gasteiger partial charge in [-0.15, -0.1) is 0 Å². The summed E-state index contributed by atoms with van der Waals surface area (Å²) in [6.45, 7) is 1.80. The molecule has 1 heterocycles. The van der Waals surface area contributed by atoms with E-state index in [1.54, 1.807) is 18.7 Å². The number of aromatic nitrogens is 2. The van der Waals surface area contributed by atoms with E-state index in [2.05, 4.69) is 21.0 Å². The molecule has 7 heteroatoms. The number of benzene rings is 1. The minimum atomic E-state index is -0.940. The second kappa shape index (κ2) is 5.79. The Balaban J connectivity index is 2.33. The van der Waals surface area contributed by atoms with Crippen LogP contribution in [-0.4, -0.2) is 9.78 Å². The van der Waals surface area contributed by atoms with E-state index in [9.17, 15) is 8.78 Å². The summed E-state index contributed by atoms with van der Waals surface area (Å²) in [5.41, 5.74) is 8.03. The minimum Gasteiger partial charge on any atom is -0.324 e. The van der Waals surface area contributed by atoms with Crippen LogP contribution in [0.5, 0.6) is 0 Å². The SMILES string of the molecule is Cc1nn(C)c(CC(N)c2ccc(F)c(F)c2Br)c1Cl. The van der Waals surface area contributed by atoms with Gasteiger partial charge in [0.2, 0.25) is 0 Å². The lowest BCUT2D eigenvalue weighted by atomic mass is 10.0. The van der Waals surface area contributed by atoms with Gasteiger partial charge < -0.3 is 5.73 Å². The van der Waals surface area contributed by atoms with Crippen molar-refractivity contribution in [3.63, 3.8) is 0 Å². The highest BCUT2D eigenvalue weighted by Crippen LogP contribution is 2.30. The number of nitrogens with zero attached hydrogens (tertiary/aromatic N) is 2. The molecule has 2 rings (SSSR count). The van der Waals surface area contributed by atoms with Crippen LogP contribution in [0.2, 0.25) is 5.02 Å². The van der Waals surface area contributed by atoms with Crippen LogP contribution in [0, 0.1) is 18.6 Å². The third kappa shape index (κ3) is 2.73. The summed E-state index contributed by atoms with van der Waals surface area (Å²) in [7, 11) is 1.77. The highest BCUT2D eigenvalue weighted by molar-refractivity contribution is 9.10. The van der Waals surface area contributed by atoms with Gasteiger partial charge in [0.05, 0.1) is 20.9 Å². The lowest BCUT2D eigenvalue weighted by Crippen LogP contribution is -2.17. The molecule has 2 N–H and O–H groups in total. The fraction of sp³-hybridized carbons (Fsp3) is 0.308. The van der Waals surface area contributed by atoms with E-state index in [0.29, 0.717) is 22.7 Å². The first-order chi connectivity index (χ1) is 9.32. The second-order valence-electron chi connectivity index (χ2n) is 4.54. The van der Waals surface area contributed by atoms with Crippen molar-refractivity contribution in [3.8, 4) is 0 Å². The zero-order valence-corrected chi connectivity index (χ0v) is 13.3. The van der Waals surface area contributed by atoms with E-state index in [0.717, 1.165) is 11.8 Å². The summed E-state index contributed by atoms with van der Waals surface area (Å²) >= 11 is 9.19. The Hall–Kier alpha value is -0.980. The zero-order valence-electron chi connectivity index (χ0n) is 10.9. The Morgan fingerprint density at radius 2 is 2.10 bits per heavy atom. The molecule has 0 saturated heterocycles. The van der Waals surface area contributed by atoms with Gasteiger partial charge in [-0.3, -0.25) is 4.68 Å². The highest BCUT2D eigenvalue weighted by atomic mass is 79.9. The maximum atomic E-state index is 13.5. The summed E-state index contributed by atoms with van der Waals surface area (Å²) in [4.78, 5) is 0. The van der Waals surface area contributed by atoms with Gasteiger partial charge in [0.1, 0.15) is 0 Å². The predicted octanol–water partition coefficient (Wildman–Crippen LogP) is 3.67. The van der Waals surface area contributed by atoms with Crippen molar-refractivity contribution in [1.82, 2.24) is 9.78 Å². The molecule has 0 amide bonds. The topological polar surface area (TPSA) is 43.8 Å². The van der Waals surface area contributed by atoms with Gasteiger partial charge in [0.15, 0.2) is 11.6 Å². The molecular formula is C13H13BrClF2N3. The summed E-state index contributed by atoms with van der Waals surface area (Å²) in [6.07, 6.45) is 0.375. The van der Waals surface area contributed by atoms with E-state index in [1.807, 2.05) is 0 Å². The maximum Gasteiger partial charge on any atom is 0.173 e. The van der Waals surface area contributed by atoms with Gasteiger partial charge in [-0.2, -0.15) is 5.10 Å². The largest absolute Gasteiger partial charge is 0.324 e. The molecule has 0 aliphatic heterocycles. The molecule has 0 aliphatic rings. The minimum absolute atomic E-state index is 0.0417. The van der Waals surface area contributed by atoms with Gasteiger partial charge >= 0.3 is 0 Å². The quantitative estimate of drug-likeness (QED) is 0.845. The molecule has 0 radical (unpaired) electrons. The maximum absolute atomic E-state index is 13.5. The van der Waals surface area contributed by atoms with Crippen LogP contribution < -0.4 is 5.73 Å². The molecule has 2 aromatic rings. The third-order valence-corrected chi connectivity index (χ3v) is 4.44. The Labute approximate surface area is 128 Å². The standard InChI is InChI=1S/C13H13BrClF2N3/c1-6-12(15)10(20(2)19-6)5-9(18)7-3-4-8(16)13(17)11(7)14/h3-4,9H,5,18H2,1-2H3. The Morgan fingerprint density at radius 3 is 2.65 bits per heavy atom. The molecule has 1 aromatic heterocycles. The van der Waals surface area contributed by atoms with Crippen LogP contribution in [-0.2, 0) is 13.5 Å². The van der Waals surface area contributed by atoms with Gasteiger partial charge in [-0.05, 0) is 34.5 Å². The van der Waals surface area contributed by atoms with E-state index in [-0.39, 0.29) is 4.47 Å². The summed E-state index contributed by atoms with van der Waals surface area (Å²) < 4.78 is 28.3. The molecular weight excluding hydrogens is 352 g/mol. The van der Waals surface area contributed by atoms with Gasteiger partial charge in [-0.25, -0.2) is 8.78 Å². The highest BCUT2D eigenvalue weighted by Gasteiger charge is 2.20. The molecule has 0 bridgehead atoms. The summed E-state index contributed by atoms with van der Waals surface area (Å²) in [5.74, 6) is -1.85. The van der Waals surface area contributed by atoms with E-state index in [4.69, 9.17) is 17.3 Å². The number of hydrogen-bond donors (Lipinski definition) is 1. The van der Waals surface area contributed by atoms with Crippen molar-refractivity contribution in [3.05, 3.63) is 50.2 Å². The number of rotatable bonds is 3. The van der Waals surface area contributed by atoms with E-state index >= 15 is 0 Å². The Bertz CT molecular complexity index is 658. The summed E-state index contributed by atoms with van der Waals surface area (Å²) in [5, 5.41) is 4.74. The average molecular weight is 365 g/mol. The molecule has 20 heavy (non-hydrogen) atoms. The molecule has 3 nitrogen and oxygen atoms in total. The lowest BCUT2D eigenvalue weighted by molar-refractivity contribution is 0.499. The second-order valence-corrected chi connectivity index (χ2v) is 5.72. The Morgan fingerprint density at radius 1 is 1.45 bits per heavy atom. The monoisotopic (exact) mass is 363 g/mol. The van der Waals surface area contributed by atoms with Crippen LogP contribution in [0.3, 0.4) is 0 Å². The number of nitrogens with two attached hydrogens (primary N) is 1. The van der Waals surface area contributed by atoms with Crippen molar-refractivity contribution in [2.75, 3.05) is 0 Å². The molecule has 0 aliphatic carbocycles. The van der Waals surface area contributed by atoms with Crippen molar-refractivity contribution in [1.29, 1.82) is 0 Å². The van der Waals surface area contributed by atoms with Crippen molar-refractivity contribution < 1.29 is 8.78 Å². The third-order valence-electron chi connectivity index (χ3n) is 3.14. The summed E-state index contributed by atoms with van der Waals surface area (Å²) in [6, 6.07) is 2.00. The van der Waals surface area contributed by atoms with Gasteiger partial charge in [0, 0.05) is 19.5 Å². The molecule has 0 saturated carbocycles. The predicted molar refractivity (Wildman–Crippen MR) is 77.6 cm³/mol. The van der Waals surface area contributed by atoms with Gasteiger partial charge in [-0.1, -0.05) is 17.7 Å². The first kappa shape index (κ1) is 15.4. The Kier molecular flexibility index (Phi) is 4.46. The van der Waals surface area contributed by atoms with Crippen molar-refractivity contribution in [2.45, 2.75) is 19.4 Å². The molecule has 0 fully saturated rings. The van der Waals surface area contributed by atoms with Crippen LogP contribution >= 0.6 is 27.5 Å². The van der Waals surface area contributed by atoms with E-state index in [1.165, 1.54) is 6.07 Å². The molecule has 0 spiro atoms. The first-order valence-corrected chi connectivity index (χ1v) is 7.07. The molecule has 108 valence electrons. The zero-order chi connectivity index (χ0) is 15.0. The van der Waals surface area contributed by atoms with E-state index < -0.39 is 17.7 Å². The molecule has 1 unspecified atom stereocenters. The first-order valence-electron chi connectivity index (χ1n) is 5.89. The number of halogens is 4. The van der Waals surface area contributed by atoms with Gasteiger partial charge in [0.25, 0.3) is 0 Å². The smallest absolute Gasteiger partial charge is 0.173 e. The lowest BCUT2D eigenvalue weighted by Gasteiger charge is -2.15. The fourth-order valence-electron chi connectivity index (χ4n) is 2.05. The number of hydrogen-bond acceptors (Lipinski definition) is 2. The molecule has 1 atom stereocenters. The normalized spacial score (nSPS) is 12.8. The van der Waals surface area contributed by atoms with Crippen molar-refractivity contribution in [2.24, 2.45) is 12.8 Å². The number of aryl methyl sites for hydroxylation is 2. The fourth-order valence-corrected chi connectivity index (χ4v) is 2.90.